The summed E-state index contributed by atoms with van der Waals surface area (Å²) in [6.45, 7) is 7.03. The zero-order valence-electron chi connectivity index (χ0n) is 12.0. The number of hydrogen-bond donors (Lipinski definition) is 2. The number of nitrogens with one attached hydrogen (secondary N) is 1. The van der Waals surface area contributed by atoms with Gasteiger partial charge in [0, 0.05) is 10.7 Å². The molecule has 0 saturated heterocycles. The molecule has 2 unspecified atom stereocenters. The minimum atomic E-state index is -0.205. The summed E-state index contributed by atoms with van der Waals surface area (Å²) in [4.78, 5) is 0. The summed E-state index contributed by atoms with van der Waals surface area (Å²) in [6.07, 6.45) is 3.27. The van der Waals surface area contributed by atoms with E-state index in [0.717, 1.165) is 30.0 Å². The number of aliphatic hydroxyl groups excluding tert-OH is 1. The van der Waals surface area contributed by atoms with Gasteiger partial charge >= 0.3 is 0 Å². The van der Waals surface area contributed by atoms with Crippen LogP contribution in [0.5, 0.6) is 0 Å². The first-order valence-electron chi connectivity index (χ1n) is 7.02. The Kier molecular flexibility index (Phi) is 4.12. The summed E-state index contributed by atoms with van der Waals surface area (Å²) < 4.78 is 0. The third kappa shape index (κ3) is 3.24. The average Bonchev–Trinajstić information content (AvgIpc) is 2.35. The van der Waals surface area contributed by atoms with Crippen LogP contribution in [0, 0.1) is 11.3 Å². The second-order valence-corrected chi connectivity index (χ2v) is 7.15. The highest BCUT2D eigenvalue weighted by Crippen LogP contribution is 2.45. The standard InChI is InChI=1S/C16H24ClNO/c1-12-10-15(2,3)8-9-16(12,11-19)18-14-6-4-13(17)5-7-14/h4-7,12,18-19H,8-11H2,1-3H3. The van der Waals surface area contributed by atoms with E-state index < -0.39 is 0 Å². The van der Waals surface area contributed by atoms with Gasteiger partial charge in [-0.25, -0.2) is 0 Å². The van der Waals surface area contributed by atoms with E-state index in [0.29, 0.717) is 11.3 Å². The van der Waals surface area contributed by atoms with Gasteiger partial charge in [0.25, 0.3) is 0 Å². The summed E-state index contributed by atoms with van der Waals surface area (Å²) in [5.41, 5.74) is 1.20. The Morgan fingerprint density at radius 3 is 2.42 bits per heavy atom. The number of benzene rings is 1. The Bertz CT molecular complexity index is 429. The molecule has 0 aliphatic heterocycles. The van der Waals surface area contributed by atoms with E-state index in [1.165, 1.54) is 0 Å². The third-order valence-corrected chi connectivity index (χ3v) is 4.82. The van der Waals surface area contributed by atoms with Gasteiger partial charge in [-0.3, -0.25) is 0 Å². The fourth-order valence-corrected chi connectivity index (χ4v) is 3.34. The number of halogens is 1. The van der Waals surface area contributed by atoms with Crippen molar-refractivity contribution in [2.45, 2.75) is 45.6 Å². The molecule has 0 amide bonds. The van der Waals surface area contributed by atoms with Gasteiger partial charge in [-0.05, 0) is 54.9 Å². The molecule has 0 radical (unpaired) electrons. The van der Waals surface area contributed by atoms with Gasteiger partial charge in [0.05, 0.1) is 12.1 Å². The van der Waals surface area contributed by atoms with Crippen LogP contribution in [-0.2, 0) is 0 Å². The Morgan fingerprint density at radius 1 is 1.26 bits per heavy atom. The summed E-state index contributed by atoms with van der Waals surface area (Å²) >= 11 is 5.91. The zero-order valence-corrected chi connectivity index (χ0v) is 12.8. The van der Waals surface area contributed by atoms with Crippen LogP contribution in [0.2, 0.25) is 5.02 Å². The molecule has 0 heterocycles. The highest BCUT2D eigenvalue weighted by molar-refractivity contribution is 6.30. The van der Waals surface area contributed by atoms with Crippen molar-refractivity contribution in [1.82, 2.24) is 0 Å². The largest absolute Gasteiger partial charge is 0.394 e. The normalized spacial score (nSPS) is 30.1. The minimum absolute atomic E-state index is 0.173. The Morgan fingerprint density at radius 2 is 1.89 bits per heavy atom. The van der Waals surface area contributed by atoms with E-state index in [2.05, 4.69) is 26.1 Å². The maximum atomic E-state index is 9.91. The molecule has 0 spiro atoms. The van der Waals surface area contributed by atoms with Crippen molar-refractivity contribution in [3.8, 4) is 0 Å². The van der Waals surface area contributed by atoms with Crippen LogP contribution in [0.4, 0.5) is 5.69 Å². The summed E-state index contributed by atoms with van der Waals surface area (Å²) in [5, 5.41) is 14.2. The van der Waals surface area contributed by atoms with Gasteiger partial charge in [0.2, 0.25) is 0 Å². The summed E-state index contributed by atoms with van der Waals surface area (Å²) in [5.74, 6) is 0.442. The van der Waals surface area contributed by atoms with Crippen LogP contribution in [0.3, 0.4) is 0 Å². The molecule has 1 aliphatic rings. The molecule has 2 atom stereocenters. The molecule has 1 aromatic carbocycles. The van der Waals surface area contributed by atoms with Gasteiger partial charge < -0.3 is 10.4 Å². The molecule has 2 N–H and O–H groups in total. The summed E-state index contributed by atoms with van der Waals surface area (Å²) in [6, 6.07) is 7.72. The first-order valence-corrected chi connectivity index (χ1v) is 7.39. The smallest absolute Gasteiger partial charge is 0.0664 e. The lowest BCUT2D eigenvalue weighted by molar-refractivity contribution is 0.0685. The lowest BCUT2D eigenvalue weighted by Crippen LogP contribution is -2.52. The molecule has 1 saturated carbocycles. The fraction of sp³-hybridized carbons (Fsp3) is 0.625. The second kappa shape index (κ2) is 5.34. The molecule has 0 aromatic heterocycles. The number of hydrogen-bond acceptors (Lipinski definition) is 2. The van der Waals surface area contributed by atoms with E-state index >= 15 is 0 Å². The molecular formula is C16H24ClNO. The SMILES string of the molecule is CC1CC(C)(C)CCC1(CO)Nc1ccc(Cl)cc1. The average molecular weight is 282 g/mol. The topological polar surface area (TPSA) is 32.3 Å². The number of anilines is 1. The lowest BCUT2D eigenvalue weighted by atomic mass is 9.64. The van der Waals surface area contributed by atoms with Gasteiger partial charge in [-0.15, -0.1) is 0 Å². The molecule has 2 rings (SSSR count). The molecule has 3 heteroatoms. The van der Waals surface area contributed by atoms with Crippen LogP contribution in [0.25, 0.3) is 0 Å². The van der Waals surface area contributed by atoms with Crippen LogP contribution >= 0.6 is 11.6 Å². The predicted molar refractivity (Wildman–Crippen MR) is 81.7 cm³/mol. The van der Waals surface area contributed by atoms with Gasteiger partial charge in [-0.1, -0.05) is 32.4 Å². The van der Waals surface area contributed by atoms with Crippen molar-refractivity contribution < 1.29 is 5.11 Å². The summed E-state index contributed by atoms with van der Waals surface area (Å²) in [7, 11) is 0. The molecule has 1 aromatic rings. The number of rotatable bonds is 3. The highest BCUT2D eigenvalue weighted by Gasteiger charge is 2.43. The number of aliphatic hydroxyl groups is 1. The van der Waals surface area contributed by atoms with Crippen LogP contribution in [0.15, 0.2) is 24.3 Å². The van der Waals surface area contributed by atoms with Crippen LogP contribution in [-0.4, -0.2) is 17.3 Å². The van der Waals surface area contributed by atoms with Gasteiger partial charge in [-0.2, -0.15) is 0 Å². The van der Waals surface area contributed by atoms with Crippen molar-refractivity contribution in [3.63, 3.8) is 0 Å². The van der Waals surface area contributed by atoms with E-state index in [1.807, 2.05) is 24.3 Å². The first kappa shape index (κ1) is 14.7. The maximum Gasteiger partial charge on any atom is 0.0664 e. The third-order valence-electron chi connectivity index (χ3n) is 4.57. The maximum absolute atomic E-state index is 9.91. The Hall–Kier alpha value is -0.730. The quantitative estimate of drug-likeness (QED) is 0.864. The molecule has 0 bridgehead atoms. The van der Waals surface area contributed by atoms with Crippen molar-refractivity contribution in [2.75, 3.05) is 11.9 Å². The predicted octanol–water partition coefficient (Wildman–Crippen LogP) is 4.33. The van der Waals surface area contributed by atoms with Crippen molar-refractivity contribution in [3.05, 3.63) is 29.3 Å². The minimum Gasteiger partial charge on any atom is -0.394 e. The first-order chi connectivity index (χ1) is 8.87. The van der Waals surface area contributed by atoms with E-state index in [-0.39, 0.29) is 12.1 Å². The Balaban J connectivity index is 2.17. The van der Waals surface area contributed by atoms with Crippen molar-refractivity contribution in [1.29, 1.82) is 0 Å². The Labute approximate surface area is 121 Å². The van der Waals surface area contributed by atoms with Crippen molar-refractivity contribution in [2.24, 2.45) is 11.3 Å². The monoisotopic (exact) mass is 281 g/mol. The molecule has 19 heavy (non-hydrogen) atoms. The highest BCUT2D eigenvalue weighted by atomic mass is 35.5. The van der Waals surface area contributed by atoms with E-state index in [4.69, 9.17) is 11.6 Å². The van der Waals surface area contributed by atoms with E-state index in [9.17, 15) is 5.11 Å². The molecule has 2 nitrogen and oxygen atoms in total. The van der Waals surface area contributed by atoms with Crippen molar-refractivity contribution >= 4 is 17.3 Å². The molecule has 1 aliphatic carbocycles. The van der Waals surface area contributed by atoms with Crippen LogP contribution in [0.1, 0.15) is 40.0 Å². The molecular weight excluding hydrogens is 258 g/mol. The fourth-order valence-electron chi connectivity index (χ4n) is 3.21. The molecule has 1 fully saturated rings. The molecule has 106 valence electrons. The van der Waals surface area contributed by atoms with Crippen LogP contribution < -0.4 is 5.32 Å². The van der Waals surface area contributed by atoms with Gasteiger partial charge in [0.1, 0.15) is 0 Å². The van der Waals surface area contributed by atoms with Gasteiger partial charge in [0.15, 0.2) is 0 Å². The lowest BCUT2D eigenvalue weighted by Gasteiger charge is -2.48. The zero-order chi connectivity index (χ0) is 14.1. The second-order valence-electron chi connectivity index (χ2n) is 6.72. The van der Waals surface area contributed by atoms with E-state index in [1.54, 1.807) is 0 Å².